The molecule has 4 rings (SSSR count). The molecule has 0 saturated heterocycles. The maximum atomic E-state index is 13.5. The smallest absolute Gasteiger partial charge is 0.255 e. The first-order valence-electron chi connectivity index (χ1n) is 10.1. The average Bonchev–Trinajstić information content (AvgIpc) is 3.05. The van der Waals surface area contributed by atoms with Gasteiger partial charge in [0.05, 0.1) is 15.2 Å². The number of benzene rings is 2. The Bertz CT molecular complexity index is 1220. The topological polar surface area (TPSA) is 101 Å². The summed E-state index contributed by atoms with van der Waals surface area (Å²) in [6.07, 6.45) is 1.57. The first-order chi connectivity index (χ1) is 15.4. The van der Waals surface area contributed by atoms with Crippen molar-refractivity contribution in [2.75, 3.05) is 5.32 Å². The van der Waals surface area contributed by atoms with E-state index in [4.69, 9.17) is 11.6 Å². The van der Waals surface area contributed by atoms with E-state index in [-0.39, 0.29) is 34.0 Å². The van der Waals surface area contributed by atoms with Gasteiger partial charge in [-0.2, -0.15) is 0 Å². The molecule has 1 amide bonds. The Morgan fingerprint density at radius 2 is 1.67 bits per heavy atom. The van der Waals surface area contributed by atoms with E-state index in [1.807, 2.05) is 0 Å². The fraction of sp³-hybridized carbons (Fsp3) is 0.364. The van der Waals surface area contributed by atoms with Crippen molar-refractivity contribution in [3.63, 3.8) is 0 Å². The number of sulfone groups is 1. The van der Waals surface area contributed by atoms with Crippen molar-refractivity contribution >= 4 is 39.3 Å². The molecule has 2 unspecified atom stereocenters. The first-order valence-corrected chi connectivity index (χ1v) is 12.1. The standard InChI is InChI=1S/C22H19ClF3NO5S/c23-15-4-3-11(21(29)27-14-6-16(24)19(26)17(25)7-14)5-18(15)33(31,32)20-12-1-2-13(20)9-22(30,8-12)10-28/h3-7,10,12-13,20,30H,1-2,8-9H2,(H,27,29)/t12?,13?,20-,22-. The summed E-state index contributed by atoms with van der Waals surface area (Å²) in [5, 5.41) is 11.6. The highest BCUT2D eigenvalue weighted by Crippen LogP contribution is 2.51. The number of aldehydes is 1. The molecule has 0 radical (unpaired) electrons. The van der Waals surface area contributed by atoms with Crippen LogP contribution in [0.1, 0.15) is 36.0 Å². The summed E-state index contributed by atoms with van der Waals surface area (Å²) in [5.41, 5.74) is -2.05. The highest BCUT2D eigenvalue weighted by molar-refractivity contribution is 7.92. The predicted octanol–water partition coefficient (Wildman–Crippen LogP) is 3.90. The van der Waals surface area contributed by atoms with Crippen LogP contribution in [0.4, 0.5) is 18.9 Å². The van der Waals surface area contributed by atoms with Gasteiger partial charge in [-0.3, -0.25) is 4.79 Å². The van der Waals surface area contributed by atoms with Crippen LogP contribution in [0.15, 0.2) is 35.2 Å². The fourth-order valence-corrected chi connectivity index (χ4v) is 7.86. The second kappa shape index (κ2) is 8.41. The van der Waals surface area contributed by atoms with Crippen LogP contribution in [0, 0.1) is 29.3 Å². The van der Waals surface area contributed by atoms with Crippen LogP contribution < -0.4 is 5.32 Å². The molecule has 0 heterocycles. The minimum Gasteiger partial charge on any atom is -0.382 e. The third kappa shape index (κ3) is 4.27. The number of rotatable bonds is 5. The highest BCUT2D eigenvalue weighted by Gasteiger charge is 2.54. The molecule has 2 aromatic carbocycles. The van der Waals surface area contributed by atoms with Gasteiger partial charge in [0.25, 0.3) is 5.91 Å². The van der Waals surface area contributed by atoms with E-state index >= 15 is 0 Å². The third-order valence-electron chi connectivity index (χ3n) is 6.39. The molecular formula is C22H19ClF3NO5S. The lowest BCUT2D eigenvalue weighted by Gasteiger charge is -2.37. The van der Waals surface area contributed by atoms with Crippen molar-refractivity contribution in [1.29, 1.82) is 0 Å². The number of carbonyl (C=O) groups excluding carboxylic acids is 2. The molecule has 176 valence electrons. The molecule has 6 nitrogen and oxygen atoms in total. The summed E-state index contributed by atoms with van der Waals surface area (Å²) < 4.78 is 67.0. The van der Waals surface area contributed by atoms with Gasteiger partial charge in [0, 0.05) is 23.4 Å². The predicted molar refractivity (Wildman–Crippen MR) is 113 cm³/mol. The Morgan fingerprint density at radius 1 is 1.09 bits per heavy atom. The molecule has 2 fully saturated rings. The number of nitrogens with one attached hydrogen (secondary N) is 1. The van der Waals surface area contributed by atoms with Crippen LogP contribution in [0.25, 0.3) is 0 Å². The maximum Gasteiger partial charge on any atom is 0.255 e. The molecule has 0 spiro atoms. The van der Waals surface area contributed by atoms with Crippen LogP contribution in [0.3, 0.4) is 0 Å². The van der Waals surface area contributed by atoms with Crippen LogP contribution in [-0.2, 0) is 14.6 Å². The SMILES string of the molecule is O=C[C@]1(O)CC2CCC(C1)[C@H]2S(=O)(=O)c1cc(C(=O)Nc2cc(F)c(F)c(F)c2)ccc1Cl. The van der Waals surface area contributed by atoms with Gasteiger partial charge < -0.3 is 15.2 Å². The highest BCUT2D eigenvalue weighted by atomic mass is 35.5. The number of carbonyl (C=O) groups is 2. The minimum atomic E-state index is -4.04. The van der Waals surface area contributed by atoms with Crippen LogP contribution in [0.2, 0.25) is 5.02 Å². The van der Waals surface area contributed by atoms with Gasteiger partial charge in [-0.1, -0.05) is 11.6 Å². The number of fused-ring (bicyclic) bond motifs is 2. The van der Waals surface area contributed by atoms with Crippen LogP contribution in [0.5, 0.6) is 0 Å². The summed E-state index contributed by atoms with van der Waals surface area (Å²) in [7, 11) is -4.04. The number of amides is 1. The van der Waals surface area contributed by atoms with Crippen molar-refractivity contribution in [3.8, 4) is 0 Å². The van der Waals surface area contributed by atoms with Gasteiger partial charge in [0.15, 0.2) is 33.6 Å². The summed E-state index contributed by atoms with van der Waals surface area (Å²) in [6.45, 7) is 0. The van der Waals surface area contributed by atoms with Crippen molar-refractivity contribution in [2.24, 2.45) is 11.8 Å². The second-order valence-corrected chi connectivity index (χ2v) is 11.1. The molecule has 0 aliphatic heterocycles. The Morgan fingerprint density at radius 3 is 2.21 bits per heavy atom. The largest absolute Gasteiger partial charge is 0.382 e. The van der Waals surface area contributed by atoms with E-state index in [1.165, 1.54) is 12.1 Å². The average molecular weight is 502 g/mol. The van der Waals surface area contributed by atoms with Gasteiger partial charge in [-0.25, -0.2) is 21.6 Å². The molecule has 2 aromatic rings. The summed E-state index contributed by atoms with van der Waals surface area (Å²) in [6, 6.07) is 4.73. The van der Waals surface area contributed by atoms with Gasteiger partial charge >= 0.3 is 0 Å². The lowest BCUT2D eigenvalue weighted by molar-refractivity contribution is -0.129. The molecule has 33 heavy (non-hydrogen) atoms. The molecular weight excluding hydrogens is 483 g/mol. The number of aliphatic hydroxyl groups is 1. The summed E-state index contributed by atoms with van der Waals surface area (Å²) in [5.74, 6) is -6.43. The summed E-state index contributed by atoms with van der Waals surface area (Å²) >= 11 is 6.17. The molecule has 2 aliphatic rings. The fourth-order valence-electron chi connectivity index (χ4n) is 5.01. The number of anilines is 1. The van der Waals surface area contributed by atoms with E-state index in [9.17, 15) is 36.3 Å². The Labute approximate surface area is 192 Å². The molecule has 11 heteroatoms. The molecule has 2 aliphatic carbocycles. The molecule has 2 atom stereocenters. The molecule has 2 N–H and O–H groups in total. The maximum absolute atomic E-state index is 13.5. The first kappa shape index (κ1) is 23.7. The lowest BCUT2D eigenvalue weighted by Crippen LogP contribution is -2.47. The summed E-state index contributed by atoms with van der Waals surface area (Å²) in [4.78, 5) is 23.6. The van der Waals surface area contributed by atoms with E-state index in [2.05, 4.69) is 5.32 Å². The quantitative estimate of drug-likeness (QED) is 0.478. The van der Waals surface area contributed by atoms with Gasteiger partial charge in [-0.15, -0.1) is 0 Å². The van der Waals surface area contributed by atoms with Crippen LogP contribution >= 0.6 is 11.6 Å². The molecule has 2 bridgehead atoms. The van der Waals surface area contributed by atoms with Crippen molar-refractivity contribution in [1.82, 2.24) is 0 Å². The Hall–Kier alpha value is -2.43. The van der Waals surface area contributed by atoms with E-state index < -0.39 is 55.9 Å². The van der Waals surface area contributed by atoms with E-state index in [0.29, 0.717) is 31.3 Å². The van der Waals surface area contributed by atoms with Crippen LogP contribution in [-0.4, -0.2) is 36.6 Å². The third-order valence-corrected chi connectivity index (χ3v) is 9.27. The molecule has 0 aromatic heterocycles. The monoisotopic (exact) mass is 501 g/mol. The Kier molecular flexibility index (Phi) is 6.05. The van der Waals surface area contributed by atoms with E-state index in [1.54, 1.807) is 0 Å². The minimum absolute atomic E-state index is 0.0242. The normalized spacial score (nSPS) is 26.8. The van der Waals surface area contributed by atoms with Gasteiger partial charge in [0.1, 0.15) is 5.60 Å². The number of hydrogen-bond donors (Lipinski definition) is 2. The zero-order chi connectivity index (χ0) is 24.1. The number of hydrogen-bond acceptors (Lipinski definition) is 5. The Balaban J connectivity index is 1.64. The van der Waals surface area contributed by atoms with Crippen molar-refractivity contribution in [3.05, 3.63) is 58.4 Å². The van der Waals surface area contributed by atoms with Crippen molar-refractivity contribution in [2.45, 2.75) is 41.4 Å². The second-order valence-electron chi connectivity index (χ2n) is 8.59. The number of halogens is 4. The van der Waals surface area contributed by atoms with Crippen molar-refractivity contribution < 1.29 is 36.3 Å². The van der Waals surface area contributed by atoms with Gasteiger partial charge in [0.2, 0.25) is 0 Å². The lowest BCUT2D eigenvalue weighted by atomic mass is 9.78. The van der Waals surface area contributed by atoms with E-state index in [0.717, 1.165) is 6.07 Å². The zero-order valence-electron chi connectivity index (χ0n) is 17.0. The molecule has 2 saturated carbocycles. The zero-order valence-corrected chi connectivity index (χ0v) is 18.6. The van der Waals surface area contributed by atoms with Gasteiger partial charge in [-0.05, 0) is 55.7 Å².